The number of sulfonamides is 1. The lowest BCUT2D eigenvalue weighted by Gasteiger charge is -2.43. The summed E-state index contributed by atoms with van der Waals surface area (Å²) in [6, 6.07) is 13.8. The Bertz CT molecular complexity index is 1610. The van der Waals surface area contributed by atoms with Gasteiger partial charge >= 0.3 is 7.60 Å². The molecule has 0 atom stereocenters. The van der Waals surface area contributed by atoms with Crippen LogP contribution in [0.5, 0.6) is 0 Å². The van der Waals surface area contributed by atoms with Gasteiger partial charge in [-0.3, -0.25) is 4.57 Å². The van der Waals surface area contributed by atoms with Crippen molar-refractivity contribution in [3.05, 3.63) is 70.5 Å². The van der Waals surface area contributed by atoms with Crippen LogP contribution in [0.15, 0.2) is 64.0 Å². The Morgan fingerprint density at radius 2 is 1.57 bits per heavy atom. The number of hydrogen-bond acceptors (Lipinski definition) is 6. The maximum absolute atomic E-state index is 14.1. The fraction of sp³-hybridized carbons (Fsp3) is 0.250. The molecule has 1 heterocycles. The van der Waals surface area contributed by atoms with Gasteiger partial charge < -0.3 is 14.3 Å². The first kappa shape index (κ1) is 27.6. The molecule has 0 saturated heterocycles. The zero-order chi connectivity index (χ0) is 27.2. The minimum Gasteiger partial charge on any atom is -0.339 e. The molecule has 0 aliphatic rings. The summed E-state index contributed by atoms with van der Waals surface area (Å²) in [5, 5.41) is 3.38. The summed E-state index contributed by atoms with van der Waals surface area (Å²) in [6.45, 7) is 4.76. The highest BCUT2D eigenvalue weighted by molar-refractivity contribution is 7.93. The fourth-order valence-electron chi connectivity index (χ4n) is 4.37. The second-order valence-electron chi connectivity index (χ2n) is 8.49. The van der Waals surface area contributed by atoms with E-state index in [1.54, 1.807) is 31.2 Å². The average Bonchev–Trinajstić information content (AvgIpc) is 3.26. The standard InChI is InChI=1S/C24H24Cl2N3O6PS/c1-4-24(5-2,36(30,31)32)29(37(33,34)22-13-19(25)12-20(26)14-22)21-9-8-16-10-18(7-6-17(16)11-21)23-27-15(3)35-28-23/h6-14H,4-5H2,1-3H3,(H2,30,31,32). The molecule has 13 heteroatoms. The number of aryl methyl sites for hydroxylation is 1. The Hall–Kier alpha value is -2.46. The Morgan fingerprint density at radius 3 is 2.11 bits per heavy atom. The molecule has 37 heavy (non-hydrogen) atoms. The molecule has 0 aliphatic carbocycles. The second kappa shape index (κ2) is 10.0. The van der Waals surface area contributed by atoms with Crippen LogP contribution in [0.1, 0.15) is 32.6 Å². The number of aromatic nitrogens is 2. The molecule has 1 aromatic heterocycles. The molecule has 0 unspecified atom stereocenters. The van der Waals surface area contributed by atoms with E-state index in [0.717, 1.165) is 9.69 Å². The Labute approximate surface area is 224 Å². The SMILES string of the molecule is CCC(CC)(N(c1ccc2cc(-c3noc(C)n3)ccc2c1)S(=O)(=O)c1cc(Cl)cc(Cl)c1)P(=O)(O)O. The number of hydrogen-bond donors (Lipinski definition) is 2. The Kier molecular flexibility index (Phi) is 7.47. The van der Waals surface area contributed by atoms with E-state index in [9.17, 15) is 22.8 Å². The maximum Gasteiger partial charge on any atom is 0.351 e. The first-order valence-electron chi connectivity index (χ1n) is 11.2. The molecule has 9 nitrogen and oxygen atoms in total. The van der Waals surface area contributed by atoms with Crippen LogP contribution in [0.4, 0.5) is 5.69 Å². The van der Waals surface area contributed by atoms with Crippen LogP contribution in [0.3, 0.4) is 0 Å². The molecule has 0 bridgehead atoms. The van der Waals surface area contributed by atoms with Crippen molar-refractivity contribution in [1.29, 1.82) is 0 Å². The van der Waals surface area contributed by atoms with Gasteiger partial charge in [0.2, 0.25) is 11.7 Å². The van der Waals surface area contributed by atoms with Gasteiger partial charge in [0.1, 0.15) is 0 Å². The van der Waals surface area contributed by atoms with Gasteiger partial charge in [-0.2, -0.15) is 4.98 Å². The van der Waals surface area contributed by atoms with E-state index in [1.165, 1.54) is 38.1 Å². The lowest BCUT2D eigenvalue weighted by Crippen LogP contribution is -2.51. The number of nitrogens with zero attached hydrogens (tertiary/aromatic N) is 3. The Morgan fingerprint density at radius 1 is 0.973 bits per heavy atom. The summed E-state index contributed by atoms with van der Waals surface area (Å²) >= 11 is 12.2. The van der Waals surface area contributed by atoms with Crippen LogP contribution in [0.2, 0.25) is 10.0 Å². The summed E-state index contributed by atoms with van der Waals surface area (Å²) < 4.78 is 46.9. The summed E-state index contributed by atoms with van der Waals surface area (Å²) in [5.41, 5.74) is 0.778. The van der Waals surface area contributed by atoms with E-state index in [2.05, 4.69) is 10.1 Å². The molecule has 2 N–H and O–H groups in total. The minimum absolute atomic E-state index is 0.0727. The molecule has 3 aromatic carbocycles. The zero-order valence-electron chi connectivity index (χ0n) is 20.1. The van der Waals surface area contributed by atoms with Crippen molar-refractivity contribution in [3.8, 4) is 11.4 Å². The lowest BCUT2D eigenvalue weighted by atomic mass is 10.0. The summed E-state index contributed by atoms with van der Waals surface area (Å²) in [5.74, 6) is 0.823. The molecule has 196 valence electrons. The van der Waals surface area contributed by atoms with Crippen LogP contribution < -0.4 is 4.31 Å². The largest absolute Gasteiger partial charge is 0.351 e. The molecule has 0 fully saturated rings. The molecule has 0 amide bonds. The van der Waals surface area contributed by atoms with Gasteiger partial charge in [0.15, 0.2) is 5.28 Å². The number of rotatable bonds is 8. The minimum atomic E-state index is -5.02. The molecular weight excluding hydrogens is 560 g/mol. The predicted octanol–water partition coefficient (Wildman–Crippen LogP) is 6.39. The molecule has 0 radical (unpaired) electrons. The molecule has 4 rings (SSSR count). The summed E-state index contributed by atoms with van der Waals surface area (Å²) in [7, 11) is -9.56. The highest BCUT2D eigenvalue weighted by Gasteiger charge is 2.54. The van der Waals surface area contributed by atoms with Crippen molar-refractivity contribution < 1.29 is 27.3 Å². The highest BCUT2D eigenvalue weighted by Crippen LogP contribution is 2.59. The first-order chi connectivity index (χ1) is 17.3. The third-order valence-corrected chi connectivity index (χ3v) is 10.6. The average molecular weight is 584 g/mol. The van der Waals surface area contributed by atoms with Crippen LogP contribution in [-0.4, -0.2) is 33.6 Å². The van der Waals surface area contributed by atoms with Crippen molar-refractivity contribution in [1.82, 2.24) is 10.1 Å². The third kappa shape index (κ3) is 5.02. The van der Waals surface area contributed by atoms with Crippen LogP contribution in [0, 0.1) is 6.92 Å². The monoisotopic (exact) mass is 583 g/mol. The summed E-state index contributed by atoms with van der Waals surface area (Å²) in [6.07, 6.45) is -0.315. The van der Waals surface area contributed by atoms with Gasteiger partial charge in [0, 0.05) is 22.5 Å². The zero-order valence-corrected chi connectivity index (χ0v) is 23.3. The van der Waals surface area contributed by atoms with Gasteiger partial charge in [0.25, 0.3) is 10.0 Å². The number of fused-ring (bicyclic) bond motifs is 1. The van der Waals surface area contributed by atoms with E-state index in [0.29, 0.717) is 22.7 Å². The van der Waals surface area contributed by atoms with Crippen molar-refractivity contribution in [2.24, 2.45) is 0 Å². The molecule has 0 spiro atoms. The fourth-order valence-corrected chi connectivity index (χ4v) is 8.70. The molecule has 0 saturated carbocycles. The number of halogens is 2. The smallest absolute Gasteiger partial charge is 0.339 e. The van der Waals surface area contributed by atoms with Gasteiger partial charge in [-0.15, -0.1) is 0 Å². The van der Waals surface area contributed by atoms with E-state index < -0.39 is 22.9 Å². The van der Waals surface area contributed by atoms with Crippen molar-refractivity contribution in [2.45, 2.75) is 43.8 Å². The van der Waals surface area contributed by atoms with Crippen LogP contribution in [0.25, 0.3) is 22.2 Å². The molecular formula is C24H24Cl2N3O6PS. The predicted molar refractivity (Wildman–Crippen MR) is 143 cm³/mol. The van der Waals surface area contributed by atoms with E-state index in [1.807, 2.05) is 6.07 Å². The van der Waals surface area contributed by atoms with Crippen molar-refractivity contribution in [2.75, 3.05) is 4.31 Å². The number of anilines is 1. The normalized spacial score (nSPS) is 12.7. The van der Waals surface area contributed by atoms with Gasteiger partial charge in [-0.1, -0.05) is 60.4 Å². The van der Waals surface area contributed by atoms with E-state index in [4.69, 9.17) is 27.7 Å². The van der Waals surface area contributed by atoms with Gasteiger partial charge in [0.05, 0.1) is 10.6 Å². The summed E-state index contributed by atoms with van der Waals surface area (Å²) in [4.78, 5) is 24.9. The topological polar surface area (TPSA) is 134 Å². The van der Waals surface area contributed by atoms with Gasteiger partial charge in [-0.25, -0.2) is 12.7 Å². The highest BCUT2D eigenvalue weighted by atomic mass is 35.5. The van der Waals surface area contributed by atoms with Crippen LogP contribution >= 0.6 is 30.8 Å². The molecule has 0 aliphatic heterocycles. The first-order valence-corrected chi connectivity index (χ1v) is 15.0. The van der Waals surface area contributed by atoms with Crippen molar-refractivity contribution in [3.63, 3.8) is 0 Å². The maximum atomic E-state index is 14.1. The van der Waals surface area contributed by atoms with E-state index >= 15 is 0 Å². The second-order valence-corrected chi connectivity index (χ2v) is 13.1. The van der Waals surface area contributed by atoms with Gasteiger partial charge in [-0.05, 0) is 60.0 Å². The van der Waals surface area contributed by atoms with Crippen LogP contribution in [-0.2, 0) is 14.6 Å². The Balaban J connectivity index is 1.96. The molecule has 4 aromatic rings. The van der Waals surface area contributed by atoms with E-state index in [-0.39, 0.29) is 33.5 Å². The lowest BCUT2D eigenvalue weighted by molar-refractivity contribution is 0.317. The van der Waals surface area contributed by atoms with Crippen molar-refractivity contribution >= 4 is 57.3 Å². The quantitative estimate of drug-likeness (QED) is 0.228. The number of benzene rings is 3. The third-order valence-electron chi connectivity index (χ3n) is 6.27.